The third-order valence-electron chi connectivity index (χ3n) is 4.00. The summed E-state index contributed by atoms with van der Waals surface area (Å²) in [7, 11) is 7.81. The third kappa shape index (κ3) is 4.74. The zero-order valence-corrected chi connectivity index (χ0v) is 16.2. The van der Waals surface area contributed by atoms with Crippen molar-refractivity contribution in [2.75, 3.05) is 34.8 Å². The van der Waals surface area contributed by atoms with Crippen LogP contribution in [0.3, 0.4) is 0 Å². The molecule has 0 radical (unpaired) electrons. The lowest BCUT2D eigenvalue weighted by atomic mass is 10.0. The van der Waals surface area contributed by atoms with Crippen molar-refractivity contribution >= 4 is 29.9 Å². The van der Waals surface area contributed by atoms with Gasteiger partial charge in [-0.1, -0.05) is 18.2 Å². The van der Waals surface area contributed by atoms with E-state index in [1.54, 1.807) is 7.11 Å². The smallest absolute Gasteiger partial charge is 0.191 e. The Bertz CT molecular complexity index is 503. The molecule has 1 aliphatic rings. The molecule has 1 aromatic rings. The van der Waals surface area contributed by atoms with Crippen LogP contribution in [0, 0.1) is 0 Å². The number of para-hydroxylation sites is 1. The Labute approximate surface area is 150 Å². The number of nitrogens with zero attached hydrogens (tertiary/aromatic N) is 3. The van der Waals surface area contributed by atoms with Crippen LogP contribution in [-0.4, -0.2) is 56.6 Å². The fraction of sp³-hybridized carbons (Fsp3) is 0.562. The Morgan fingerprint density at radius 1 is 1.32 bits per heavy atom. The average molecular weight is 418 g/mol. The van der Waals surface area contributed by atoms with Gasteiger partial charge in [-0.2, -0.15) is 0 Å². The van der Waals surface area contributed by atoms with Crippen molar-refractivity contribution in [3.8, 4) is 5.75 Å². The van der Waals surface area contributed by atoms with Crippen molar-refractivity contribution in [1.82, 2.24) is 9.80 Å². The van der Waals surface area contributed by atoms with Crippen molar-refractivity contribution in [2.24, 2.45) is 10.7 Å². The van der Waals surface area contributed by atoms with Crippen molar-refractivity contribution in [1.29, 1.82) is 0 Å². The second-order valence-corrected chi connectivity index (χ2v) is 5.76. The zero-order chi connectivity index (χ0) is 15.4. The average Bonchev–Trinajstić information content (AvgIpc) is 3.31. The predicted molar refractivity (Wildman–Crippen MR) is 102 cm³/mol. The molecular formula is C16H27IN4O. The van der Waals surface area contributed by atoms with Crippen LogP contribution in [0.15, 0.2) is 29.3 Å². The van der Waals surface area contributed by atoms with E-state index in [0.29, 0.717) is 18.5 Å². The Kier molecular flexibility index (Phi) is 7.41. The molecule has 6 heteroatoms. The molecule has 0 aliphatic heterocycles. The van der Waals surface area contributed by atoms with E-state index in [4.69, 9.17) is 10.5 Å². The predicted octanol–water partition coefficient (Wildman–Crippen LogP) is 2.32. The van der Waals surface area contributed by atoms with Crippen molar-refractivity contribution < 1.29 is 4.74 Å². The quantitative estimate of drug-likeness (QED) is 0.438. The van der Waals surface area contributed by atoms with Crippen LogP contribution < -0.4 is 10.5 Å². The topological polar surface area (TPSA) is 54.1 Å². The molecule has 0 amide bonds. The highest BCUT2D eigenvalue weighted by Crippen LogP contribution is 2.28. The summed E-state index contributed by atoms with van der Waals surface area (Å²) in [5, 5.41) is 0. The number of nitrogens with two attached hydrogens (primary N) is 1. The van der Waals surface area contributed by atoms with Crippen LogP contribution in [0.5, 0.6) is 5.75 Å². The molecule has 1 atom stereocenters. The van der Waals surface area contributed by atoms with Gasteiger partial charge in [0.25, 0.3) is 0 Å². The summed E-state index contributed by atoms with van der Waals surface area (Å²) in [6.45, 7) is 0.621. The molecule has 5 nitrogen and oxygen atoms in total. The maximum atomic E-state index is 6.08. The molecular weight excluding hydrogens is 391 g/mol. The summed E-state index contributed by atoms with van der Waals surface area (Å²) in [6, 6.07) is 8.80. The Morgan fingerprint density at radius 2 is 1.95 bits per heavy atom. The Hall–Kier alpha value is -1.02. The summed E-state index contributed by atoms with van der Waals surface area (Å²) >= 11 is 0. The molecule has 0 spiro atoms. The third-order valence-corrected chi connectivity index (χ3v) is 4.00. The number of aliphatic imine (C=N–C) groups is 1. The van der Waals surface area contributed by atoms with Gasteiger partial charge in [-0.15, -0.1) is 24.0 Å². The van der Waals surface area contributed by atoms with E-state index >= 15 is 0 Å². The van der Waals surface area contributed by atoms with Crippen LogP contribution in [0.4, 0.5) is 0 Å². The van der Waals surface area contributed by atoms with E-state index in [1.165, 1.54) is 12.8 Å². The Balaban J connectivity index is 0.00000242. The molecule has 0 heterocycles. The molecule has 22 heavy (non-hydrogen) atoms. The number of benzene rings is 1. The highest BCUT2D eigenvalue weighted by Gasteiger charge is 2.27. The number of hydrogen-bond donors (Lipinski definition) is 1. The molecule has 1 unspecified atom stereocenters. The molecule has 1 aliphatic carbocycles. The van der Waals surface area contributed by atoms with E-state index in [2.05, 4.69) is 20.9 Å². The first-order valence-corrected chi connectivity index (χ1v) is 7.36. The van der Waals surface area contributed by atoms with Gasteiger partial charge in [-0.05, 0) is 33.0 Å². The number of halogens is 1. The lowest BCUT2D eigenvalue weighted by Crippen LogP contribution is -2.36. The molecule has 2 rings (SSSR count). The minimum absolute atomic E-state index is 0. The van der Waals surface area contributed by atoms with Crippen molar-refractivity contribution in [3.05, 3.63) is 29.8 Å². The second-order valence-electron chi connectivity index (χ2n) is 5.76. The van der Waals surface area contributed by atoms with E-state index in [-0.39, 0.29) is 30.0 Å². The minimum atomic E-state index is 0. The molecule has 0 saturated heterocycles. The molecule has 124 valence electrons. The summed E-state index contributed by atoms with van der Waals surface area (Å²) in [5.74, 6) is 1.51. The van der Waals surface area contributed by atoms with E-state index < -0.39 is 0 Å². The number of methoxy groups -OCH3 is 1. The van der Waals surface area contributed by atoms with E-state index in [9.17, 15) is 0 Å². The molecule has 0 bridgehead atoms. The number of rotatable bonds is 6. The normalized spacial score (nSPS) is 16.1. The first-order valence-electron chi connectivity index (χ1n) is 7.36. The molecule has 1 saturated carbocycles. The molecule has 1 aromatic carbocycles. The Morgan fingerprint density at radius 3 is 2.50 bits per heavy atom. The highest BCUT2D eigenvalue weighted by molar-refractivity contribution is 14.0. The monoisotopic (exact) mass is 418 g/mol. The first-order chi connectivity index (χ1) is 10.0. The van der Waals surface area contributed by atoms with Gasteiger partial charge in [-0.25, -0.2) is 0 Å². The van der Waals surface area contributed by atoms with Gasteiger partial charge in [0.2, 0.25) is 0 Å². The fourth-order valence-corrected chi connectivity index (χ4v) is 2.42. The summed E-state index contributed by atoms with van der Waals surface area (Å²) in [6.07, 6.45) is 2.44. The number of guanidine groups is 1. The lowest BCUT2D eigenvalue weighted by molar-refractivity contribution is 0.294. The number of hydrogen-bond acceptors (Lipinski definition) is 3. The number of ether oxygens (including phenoxy) is 1. The first kappa shape index (κ1) is 19.0. The van der Waals surface area contributed by atoms with Crippen LogP contribution in [0.1, 0.15) is 24.4 Å². The van der Waals surface area contributed by atoms with Crippen molar-refractivity contribution in [3.63, 3.8) is 0 Å². The maximum absolute atomic E-state index is 6.08. The molecule has 0 aromatic heterocycles. The fourth-order valence-electron chi connectivity index (χ4n) is 2.42. The van der Waals surface area contributed by atoms with Gasteiger partial charge in [0.05, 0.1) is 19.7 Å². The van der Waals surface area contributed by atoms with Crippen molar-refractivity contribution in [2.45, 2.75) is 24.9 Å². The highest BCUT2D eigenvalue weighted by atomic mass is 127. The maximum Gasteiger partial charge on any atom is 0.191 e. The van der Waals surface area contributed by atoms with Crippen LogP contribution >= 0.6 is 24.0 Å². The minimum Gasteiger partial charge on any atom is -0.496 e. The lowest BCUT2D eigenvalue weighted by Gasteiger charge is -2.25. The van der Waals surface area contributed by atoms with Gasteiger partial charge < -0.3 is 20.3 Å². The summed E-state index contributed by atoms with van der Waals surface area (Å²) < 4.78 is 5.46. The van der Waals surface area contributed by atoms with Crippen LogP contribution in [0.25, 0.3) is 0 Å². The van der Waals surface area contributed by atoms with Gasteiger partial charge in [0, 0.05) is 18.7 Å². The summed E-state index contributed by atoms with van der Waals surface area (Å²) in [4.78, 5) is 8.80. The standard InChI is InChI=1S/C16H26N4O.HI/c1-19(2)14(13-7-5-6-8-15(13)21-4)11-18-16(17)20(3)12-9-10-12;/h5-8,12,14H,9-11H2,1-4H3,(H2,17,18);1H. The van der Waals surface area contributed by atoms with Crippen LogP contribution in [-0.2, 0) is 0 Å². The zero-order valence-electron chi connectivity index (χ0n) is 13.8. The second kappa shape index (κ2) is 8.57. The van der Waals surface area contributed by atoms with E-state index in [1.807, 2.05) is 39.3 Å². The van der Waals surface area contributed by atoms with Gasteiger partial charge in [-0.3, -0.25) is 4.99 Å². The summed E-state index contributed by atoms with van der Waals surface area (Å²) in [5.41, 5.74) is 7.22. The molecule has 1 fully saturated rings. The van der Waals surface area contributed by atoms with E-state index in [0.717, 1.165) is 11.3 Å². The molecule has 2 N–H and O–H groups in total. The van der Waals surface area contributed by atoms with Gasteiger partial charge in [0.1, 0.15) is 5.75 Å². The SMILES string of the molecule is COc1ccccc1C(CN=C(N)N(C)C1CC1)N(C)C.I. The van der Waals surface area contributed by atoms with Gasteiger partial charge in [0.15, 0.2) is 5.96 Å². The van der Waals surface area contributed by atoms with Crippen LogP contribution in [0.2, 0.25) is 0 Å². The van der Waals surface area contributed by atoms with Gasteiger partial charge >= 0.3 is 0 Å². The number of likely N-dealkylation sites (N-methyl/N-ethyl adjacent to an activating group) is 1. The largest absolute Gasteiger partial charge is 0.496 e.